The van der Waals surface area contributed by atoms with Gasteiger partial charge in [0.15, 0.2) is 0 Å². The lowest BCUT2D eigenvalue weighted by atomic mass is 10.2. The number of aliphatic hydroxyl groups is 1. The predicted octanol–water partition coefficient (Wildman–Crippen LogP) is 0.872. The summed E-state index contributed by atoms with van der Waals surface area (Å²) in [4.78, 5) is 11.1. The molecule has 6 nitrogen and oxygen atoms in total. The fraction of sp³-hybridized carbons (Fsp3) is 0.562. The first-order valence-electron chi connectivity index (χ1n) is 7.76. The molecule has 0 aromatic carbocycles. The number of fused-ring (bicyclic) bond motifs is 1. The maximum atomic E-state index is 10.4. The fourth-order valence-corrected chi connectivity index (χ4v) is 2.97. The Morgan fingerprint density at radius 1 is 1.32 bits per heavy atom. The number of aliphatic hydroxyl groups excluding tert-OH is 1. The van der Waals surface area contributed by atoms with Crippen molar-refractivity contribution in [2.45, 2.75) is 6.10 Å². The van der Waals surface area contributed by atoms with E-state index in [0.29, 0.717) is 13.1 Å². The molecule has 0 amide bonds. The van der Waals surface area contributed by atoms with E-state index in [1.165, 1.54) is 0 Å². The lowest BCUT2D eigenvalue weighted by molar-refractivity contribution is 0.0842. The van der Waals surface area contributed by atoms with Crippen molar-refractivity contribution in [1.29, 1.82) is 0 Å². The van der Waals surface area contributed by atoms with Crippen molar-refractivity contribution >= 4 is 16.8 Å². The molecule has 1 aliphatic rings. The fourth-order valence-electron chi connectivity index (χ4n) is 2.97. The van der Waals surface area contributed by atoms with Gasteiger partial charge in [0.25, 0.3) is 0 Å². The molecule has 1 N–H and O–H groups in total. The van der Waals surface area contributed by atoms with E-state index in [4.69, 9.17) is 4.42 Å². The van der Waals surface area contributed by atoms with Crippen LogP contribution < -0.4 is 4.90 Å². The molecule has 2 aromatic rings. The Morgan fingerprint density at radius 3 is 2.86 bits per heavy atom. The third-order valence-corrected chi connectivity index (χ3v) is 4.27. The van der Waals surface area contributed by atoms with Crippen LogP contribution in [0.1, 0.15) is 0 Å². The molecule has 0 spiro atoms. The van der Waals surface area contributed by atoms with E-state index in [1.807, 2.05) is 24.1 Å². The molecule has 0 saturated carbocycles. The Kier molecular flexibility index (Phi) is 4.61. The van der Waals surface area contributed by atoms with E-state index in [0.717, 1.165) is 43.0 Å². The van der Waals surface area contributed by atoms with Crippen molar-refractivity contribution in [3.8, 4) is 0 Å². The van der Waals surface area contributed by atoms with Gasteiger partial charge in [-0.25, -0.2) is 4.98 Å². The summed E-state index contributed by atoms with van der Waals surface area (Å²) in [6.45, 7) is 5.44. The standard InChI is InChI=1S/C16H24N4O2/c1-18-6-8-20(9-7-18)12-13(21)11-19(2)16-14-4-10-22-15(14)3-5-17-16/h3-5,10,13,21H,6-9,11-12H2,1-2H3. The molecule has 1 fully saturated rings. The van der Waals surface area contributed by atoms with Crippen LogP contribution in [0.3, 0.4) is 0 Å². The number of rotatable bonds is 5. The van der Waals surface area contributed by atoms with Gasteiger partial charge in [-0.3, -0.25) is 4.90 Å². The number of nitrogens with zero attached hydrogens (tertiary/aromatic N) is 4. The minimum Gasteiger partial charge on any atom is -0.464 e. The van der Waals surface area contributed by atoms with Crippen LogP contribution in [-0.2, 0) is 0 Å². The Morgan fingerprint density at radius 2 is 2.09 bits per heavy atom. The maximum Gasteiger partial charge on any atom is 0.139 e. The molecule has 0 bridgehead atoms. The second kappa shape index (κ2) is 6.64. The van der Waals surface area contributed by atoms with Gasteiger partial charge in [0.05, 0.1) is 17.8 Å². The summed E-state index contributed by atoms with van der Waals surface area (Å²) in [5, 5.41) is 11.4. The lowest BCUT2D eigenvalue weighted by Crippen LogP contribution is -2.48. The van der Waals surface area contributed by atoms with Crippen LogP contribution in [0, 0.1) is 0 Å². The van der Waals surface area contributed by atoms with Crippen LogP contribution in [0.15, 0.2) is 29.0 Å². The van der Waals surface area contributed by atoms with Gasteiger partial charge in [-0.15, -0.1) is 0 Å². The summed E-state index contributed by atoms with van der Waals surface area (Å²) in [6, 6.07) is 3.77. The van der Waals surface area contributed by atoms with Gasteiger partial charge in [0, 0.05) is 52.5 Å². The number of anilines is 1. The summed E-state index contributed by atoms with van der Waals surface area (Å²) in [5.74, 6) is 0.851. The highest BCUT2D eigenvalue weighted by molar-refractivity contribution is 5.88. The number of hydrogen-bond acceptors (Lipinski definition) is 6. The van der Waals surface area contributed by atoms with E-state index >= 15 is 0 Å². The molecule has 0 radical (unpaired) electrons. The van der Waals surface area contributed by atoms with Gasteiger partial charge < -0.3 is 19.3 Å². The van der Waals surface area contributed by atoms with E-state index in [-0.39, 0.29) is 0 Å². The van der Waals surface area contributed by atoms with Gasteiger partial charge in [-0.1, -0.05) is 0 Å². The summed E-state index contributed by atoms with van der Waals surface area (Å²) in [7, 11) is 4.10. The van der Waals surface area contributed by atoms with Crippen LogP contribution in [0.2, 0.25) is 0 Å². The van der Waals surface area contributed by atoms with E-state index < -0.39 is 6.10 Å². The third kappa shape index (κ3) is 3.40. The van der Waals surface area contributed by atoms with Crippen LogP contribution in [0.4, 0.5) is 5.82 Å². The van der Waals surface area contributed by atoms with Gasteiger partial charge in [-0.05, 0) is 19.2 Å². The zero-order chi connectivity index (χ0) is 15.5. The highest BCUT2D eigenvalue weighted by atomic mass is 16.3. The van der Waals surface area contributed by atoms with E-state index in [2.05, 4.69) is 21.8 Å². The third-order valence-electron chi connectivity index (χ3n) is 4.27. The highest BCUT2D eigenvalue weighted by Gasteiger charge is 2.19. The number of likely N-dealkylation sites (N-methyl/N-ethyl adjacent to an activating group) is 2. The van der Waals surface area contributed by atoms with Gasteiger partial charge in [0.1, 0.15) is 11.4 Å². The zero-order valence-electron chi connectivity index (χ0n) is 13.3. The first-order chi connectivity index (χ1) is 10.6. The molecule has 3 heterocycles. The molecule has 1 saturated heterocycles. The van der Waals surface area contributed by atoms with Crippen molar-refractivity contribution in [3.63, 3.8) is 0 Å². The van der Waals surface area contributed by atoms with Gasteiger partial charge in [-0.2, -0.15) is 0 Å². The predicted molar refractivity (Wildman–Crippen MR) is 87.2 cm³/mol. The monoisotopic (exact) mass is 304 g/mol. The van der Waals surface area contributed by atoms with Crippen LogP contribution in [0.25, 0.3) is 11.0 Å². The second-order valence-electron chi connectivity index (χ2n) is 6.11. The Hall–Kier alpha value is -1.63. The molecule has 1 unspecified atom stereocenters. The SMILES string of the molecule is CN1CCN(CC(O)CN(C)c2nccc3occc23)CC1. The quantitative estimate of drug-likeness (QED) is 0.885. The van der Waals surface area contributed by atoms with Crippen LogP contribution in [-0.4, -0.2) is 79.4 Å². The molecular weight excluding hydrogens is 280 g/mol. The molecule has 0 aliphatic carbocycles. The Labute approximate surface area is 130 Å². The number of aromatic nitrogens is 1. The minimum atomic E-state index is -0.391. The molecule has 3 rings (SSSR count). The van der Waals surface area contributed by atoms with Crippen molar-refractivity contribution < 1.29 is 9.52 Å². The molecule has 120 valence electrons. The highest BCUT2D eigenvalue weighted by Crippen LogP contribution is 2.24. The van der Waals surface area contributed by atoms with Crippen LogP contribution >= 0.6 is 0 Å². The normalized spacial score (nSPS) is 18.7. The topological polar surface area (TPSA) is 56.0 Å². The largest absolute Gasteiger partial charge is 0.464 e. The lowest BCUT2D eigenvalue weighted by Gasteiger charge is -2.34. The van der Waals surface area contributed by atoms with Crippen molar-refractivity contribution in [1.82, 2.24) is 14.8 Å². The molecular formula is C16H24N4O2. The Bertz CT molecular complexity index is 607. The average Bonchev–Trinajstić information content (AvgIpc) is 2.97. The summed E-state index contributed by atoms with van der Waals surface area (Å²) < 4.78 is 5.40. The number of β-amino-alcohol motifs (C(OH)–C–C–N with tert-alkyl or cyclic N) is 1. The number of pyridine rings is 1. The molecule has 1 aliphatic heterocycles. The Balaban J connectivity index is 1.59. The minimum absolute atomic E-state index is 0.391. The number of piperazine rings is 1. The molecule has 1 atom stereocenters. The first kappa shape index (κ1) is 15.3. The summed E-state index contributed by atoms with van der Waals surface area (Å²) in [5.41, 5.74) is 0.824. The summed E-state index contributed by atoms with van der Waals surface area (Å²) >= 11 is 0. The zero-order valence-corrected chi connectivity index (χ0v) is 13.3. The van der Waals surface area contributed by atoms with Gasteiger partial charge >= 0.3 is 0 Å². The maximum absolute atomic E-state index is 10.4. The van der Waals surface area contributed by atoms with Gasteiger partial charge in [0.2, 0.25) is 0 Å². The second-order valence-corrected chi connectivity index (χ2v) is 6.11. The average molecular weight is 304 g/mol. The van der Waals surface area contributed by atoms with Crippen molar-refractivity contribution in [2.75, 3.05) is 58.3 Å². The number of furan rings is 1. The smallest absolute Gasteiger partial charge is 0.139 e. The van der Waals surface area contributed by atoms with Crippen molar-refractivity contribution in [3.05, 3.63) is 24.6 Å². The van der Waals surface area contributed by atoms with E-state index in [9.17, 15) is 5.11 Å². The first-order valence-corrected chi connectivity index (χ1v) is 7.76. The molecule has 22 heavy (non-hydrogen) atoms. The molecule has 2 aromatic heterocycles. The van der Waals surface area contributed by atoms with Crippen molar-refractivity contribution in [2.24, 2.45) is 0 Å². The van der Waals surface area contributed by atoms with E-state index in [1.54, 1.807) is 12.5 Å². The summed E-state index contributed by atoms with van der Waals surface area (Å²) in [6.07, 6.45) is 3.02. The number of hydrogen-bond donors (Lipinski definition) is 1. The molecule has 6 heteroatoms. The van der Waals surface area contributed by atoms with Crippen LogP contribution in [0.5, 0.6) is 0 Å².